The number of nitro benzene ring substituents is 1. The lowest BCUT2D eigenvalue weighted by atomic mass is 9.95. The van der Waals surface area contributed by atoms with E-state index in [0.717, 1.165) is 0 Å². The molecule has 1 aromatic carbocycles. The van der Waals surface area contributed by atoms with Crippen LogP contribution in [0.5, 0.6) is 0 Å². The molecule has 1 aliphatic rings. The summed E-state index contributed by atoms with van der Waals surface area (Å²) in [5, 5.41) is 19.8. The molecule has 0 bridgehead atoms. The number of halogens is 2. The largest absolute Gasteiger partial charge is 0.480 e. The summed E-state index contributed by atoms with van der Waals surface area (Å²) in [5.41, 5.74) is -1.37. The highest BCUT2D eigenvalue weighted by atomic mass is 35.5. The second kappa shape index (κ2) is 3.58. The summed E-state index contributed by atoms with van der Waals surface area (Å²) >= 11 is 11.7. The normalized spacial score (nSPS) is 25.3. The first-order valence-electron chi connectivity index (χ1n) is 4.67. The van der Waals surface area contributed by atoms with E-state index in [1.807, 2.05) is 0 Å². The molecule has 0 amide bonds. The molecule has 0 aromatic heterocycles. The number of aliphatic carboxylic acids is 1. The van der Waals surface area contributed by atoms with Gasteiger partial charge >= 0.3 is 5.97 Å². The summed E-state index contributed by atoms with van der Waals surface area (Å²) in [6.07, 6.45) is 0.0413. The van der Waals surface area contributed by atoms with Gasteiger partial charge in [-0.15, -0.1) is 0 Å². The van der Waals surface area contributed by atoms with Gasteiger partial charge < -0.3 is 5.11 Å². The Morgan fingerprint density at radius 3 is 2.47 bits per heavy atom. The van der Waals surface area contributed by atoms with Gasteiger partial charge in [0.25, 0.3) is 5.69 Å². The van der Waals surface area contributed by atoms with Crippen LogP contribution in [0.25, 0.3) is 0 Å². The second-order valence-corrected chi connectivity index (χ2v) is 5.38. The van der Waals surface area contributed by atoms with Crippen molar-refractivity contribution in [3.63, 3.8) is 0 Å². The van der Waals surface area contributed by atoms with Crippen molar-refractivity contribution < 1.29 is 14.8 Å². The minimum Gasteiger partial charge on any atom is -0.480 e. The molecule has 1 fully saturated rings. The standard InChI is InChI=1S/C10H7Cl2NO4/c11-10(12)5-9(10,8(14)15)6-2-1-3-7(4-6)13(16)17/h1-4H,5H2,(H,14,15). The summed E-state index contributed by atoms with van der Waals surface area (Å²) in [6, 6.07) is 5.38. The molecule has 90 valence electrons. The number of hydrogen-bond acceptors (Lipinski definition) is 3. The molecular formula is C10H7Cl2NO4. The average molecular weight is 276 g/mol. The Balaban J connectivity index is 2.51. The van der Waals surface area contributed by atoms with Gasteiger partial charge in [0.05, 0.1) is 4.92 Å². The zero-order chi connectivity index (χ0) is 12.8. The van der Waals surface area contributed by atoms with E-state index >= 15 is 0 Å². The van der Waals surface area contributed by atoms with Crippen molar-refractivity contribution in [1.82, 2.24) is 0 Å². The third kappa shape index (κ3) is 1.66. The van der Waals surface area contributed by atoms with Crippen LogP contribution >= 0.6 is 23.2 Å². The van der Waals surface area contributed by atoms with Crippen LogP contribution in [0.2, 0.25) is 0 Å². The van der Waals surface area contributed by atoms with Crippen molar-refractivity contribution in [2.45, 2.75) is 16.2 Å². The zero-order valence-corrected chi connectivity index (χ0v) is 9.90. The highest BCUT2D eigenvalue weighted by Gasteiger charge is 2.73. The topological polar surface area (TPSA) is 80.4 Å². The summed E-state index contributed by atoms with van der Waals surface area (Å²) in [4.78, 5) is 21.3. The van der Waals surface area contributed by atoms with Gasteiger partial charge in [-0.2, -0.15) is 0 Å². The van der Waals surface area contributed by atoms with E-state index in [9.17, 15) is 20.0 Å². The number of rotatable bonds is 3. The Morgan fingerprint density at radius 1 is 1.47 bits per heavy atom. The van der Waals surface area contributed by atoms with E-state index in [1.54, 1.807) is 0 Å². The number of carboxylic acid groups (broad SMARTS) is 1. The molecule has 0 saturated heterocycles. The fraction of sp³-hybridized carbons (Fsp3) is 0.300. The van der Waals surface area contributed by atoms with E-state index in [2.05, 4.69) is 0 Å². The van der Waals surface area contributed by atoms with Crippen LogP contribution < -0.4 is 0 Å². The second-order valence-electron chi connectivity index (χ2n) is 3.90. The van der Waals surface area contributed by atoms with Crippen LogP contribution in [0.15, 0.2) is 24.3 Å². The van der Waals surface area contributed by atoms with Gasteiger partial charge in [0, 0.05) is 18.6 Å². The van der Waals surface area contributed by atoms with E-state index in [4.69, 9.17) is 23.2 Å². The number of hydrogen-bond donors (Lipinski definition) is 1. The summed E-state index contributed by atoms with van der Waals surface area (Å²) < 4.78 is -1.41. The van der Waals surface area contributed by atoms with Crippen molar-refractivity contribution in [2.75, 3.05) is 0 Å². The van der Waals surface area contributed by atoms with Gasteiger partial charge in [-0.1, -0.05) is 35.3 Å². The first-order valence-corrected chi connectivity index (χ1v) is 5.43. The van der Waals surface area contributed by atoms with Crippen LogP contribution in [0, 0.1) is 10.1 Å². The van der Waals surface area contributed by atoms with Gasteiger partial charge in [-0.3, -0.25) is 14.9 Å². The molecule has 5 nitrogen and oxygen atoms in total. The molecule has 7 heteroatoms. The monoisotopic (exact) mass is 275 g/mol. The van der Waals surface area contributed by atoms with E-state index in [-0.39, 0.29) is 17.7 Å². The Bertz CT molecular complexity index is 517. The van der Waals surface area contributed by atoms with Crippen LogP contribution in [-0.4, -0.2) is 20.3 Å². The fourth-order valence-electron chi connectivity index (χ4n) is 1.84. The molecular weight excluding hydrogens is 269 g/mol. The molecule has 1 saturated carbocycles. The minimum absolute atomic E-state index is 0.0413. The summed E-state index contributed by atoms with van der Waals surface area (Å²) in [6.45, 7) is 0. The fourth-order valence-corrected chi connectivity index (χ4v) is 2.62. The molecule has 0 heterocycles. The Hall–Kier alpha value is -1.33. The lowest BCUT2D eigenvalue weighted by molar-refractivity contribution is -0.384. The highest BCUT2D eigenvalue weighted by molar-refractivity contribution is 6.54. The van der Waals surface area contributed by atoms with Gasteiger partial charge in [0.15, 0.2) is 0 Å². The van der Waals surface area contributed by atoms with Gasteiger partial charge in [0.2, 0.25) is 0 Å². The maximum Gasteiger partial charge on any atom is 0.317 e. The third-order valence-electron chi connectivity index (χ3n) is 2.90. The number of nitro groups is 1. The molecule has 0 radical (unpaired) electrons. The Labute approximate surface area is 106 Å². The molecule has 2 rings (SSSR count). The van der Waals surface area contributed by atoms with Crippen LogP contribution in [0.1, 0.15) is 12.0 Å². The quantitative estimate of drug-likeness (QED) is 0.522. The number of non-ortho nitro benzene ring substituents is 1. The Kier molecular flexibility index (Phi) is 2.56. The average Bonchev–Trinajstić information content (AvgIpc) is 2.83. The summed E-state index contributed by atoms with van der Waals surface area (Å²) in [5.74, 6) is -1.18. The van der Waals surface area contributed by atoms with E-state index in [1.165, 1.54) is 24.3 Å². The van der Waals surface area contributed by atoms with Gasteiger partial charge in [-0.25, -0.2) is 0 Å². The van der Waals surface area contributed by atoms with Crippen molar-refractivity contribution in [2.24, 2.45) is 0 Å². The minimum atomic E-state index is -1.44. The first-order chi connectivity index (χ1) is 7.81. The SMILES string of the molecule is O=C(O)C1(c2cccc([N+](=O)[O-])c2)CC1(Cl)Cl. The molecule has 1 atom stereocenters. The first kappa shape index (κ1) is 12.1. The predicted molar refractivity (Wildman–Crippen MR) is 61.5 cm³/mol. The third-order valence-corrected chi connectivity index (χ3v) is 3.81. The van der Waals surface area contributed by atoms with E-state index in [0.29, 0.717) is 0 Å². The molecule has 1 aliphatic carbocycles. The van der Waals surface area contributed by atoms with Crippen LogP contribution in [-0.2, 0) is 10.2 Å². The number of benzene rings is 1. The van der Waals surface area contributed by atoms with Gasteiger partial charge in [0.1, 0.15) is 9.75 Å². The highest BCUT2D eigenvalue weighted by Crippen LogP contribution is 2.65. The van der Waals surface area contributed by atoms with Crippen molar-refractivity contribution in [3.8, 4) is 0 Å². The smallest absolute Gasteiger partial charge is 0.317 e. The number of carbonyl (C=O) groups is 1. The molecule has 1 unspecified atom stereocenters. The predicted octanol–water partition coefficient (Wildman–Crippen LogP) is 2.49. The Morgan fingerprint density at radius 2 is 2.06 bits per heavy atom. The lowest BCUT2D eigenvalue weighted by Crippen LogP contribution is -2.26. The van der Waals surface area contributed by atoms with Gasteiger partial charge in [-0.05, 0) is 5.56 Å². The van der Waals surface area contributed by atoms with Crippen LogP contribution in [0.3, 0.4) is 0 Å². The molecule has 17 heavy (non-hydrogen) atoms. The number of nitrogens with zero attached hydrogens (tertiary/aromatic N) is 1. The molecule has 0 aliphatic heterocycles. The maximum absolute atomic E-state index is 11.2. The summed E-state index contributed by atoms with van der Waals surface area (Å²) in [7, 11) is 0. The molecule has 0 spiro atoms. The number of carboxylic acids is 1. The van der Waals surface area contributed by atoms with Crippen molar-refractivity contribution in [1.29, 1.82) is 0 Å². The lowest BCUT2D eigenvalue weighted by Gasteiger charge is -2.12. The maximum atomic E-state index is 11.2. The van der Waals surface area contributed by atoms with Crippen molar-refractivity contribution in [3.05, 3.63) is 39.9 Å². The molecule has 1 aromatic rings. The van der Waals surface area contributed by atoms with Crippen LogP contribution in [0.4, 0.5) is 5.69 Å². The zero-order valence-electron chi connectivity index (χ0n) is 8.39. The molecule has 1 N–H and O–H groups in total. The van der Waals surface area contributed by atoms with E-state index < -0.39 is 20.6 Å². The number of alkyl halides is 2. The van der Waals surface area contributed by atoms with Crippen molar-refractivity contribution >= 4 is 34.9 Å².